The smallest absolute Gasteiger partial charge is 0.222 e. The second-order valence-electron chi connectivity index (χ2n) is 7.51. The van der Waals surface area contributed by atoms with Crippen LogP contribution in [0.3, 0.4) is 0 Å². The van der Waals surface area contributed by atoms with E-state index in [1.54, 1.807) is 23.3 Å². The Hall–Kier alpha value is -1.14. The molecule has 1 amide bonds. The summed E-state index contributed by atoms with van der Waals surface area (Å²) in [6, 6.07) is 3.53. The van der Waals surface area contributed by atoms with Gasteiger partial charge in [0.2, 0.25) is 5.91 Å². The predicted octanol–water partition coefficient (Wildman–Crippen LogP) is 5.10. The minimum Gasteiger partial charge on any atom is -0.490 e. The standard InChI is InChI=1S/C20H28Cl3N3O2/c1-5-20(17(23)12-26(4)25-20)10-18(27)24-11-14-8-15(21)19(16(22)9-14)28-7-6-13(2)3/h8-9,12-13,25H,5-7,10-11H2,1-4H3,(H,24,27). The molecule has 1 atom stereocenters. The zero-order valence-corrected chi connectivity index (χ0v) is 19.0. The number of nitrogens with one attached hydrogen (secondary N) is 2. The lowest BCUT2D eigenvalue weighted by Crippen LogP contribution is -2.49. The van der Waals surface area contributed by atoms with Crippen molar-refractivity contribution in [1.29, 1.82) is 0 Å². The Labute approximate surface area is 182 Å². The van der Waals surface area contributed by atoms with E-state index in [-0.39, 0.29) is 12.3 Å². The quantitative estimate of drug-likeness (QED) is 0.551. The van der Waals surface area contributed by atoms with Crippen molar-refractivity contribution in [2.24, 2.45) is 5.92 Å². The Bertz CT molecular complexity index is 716. The molecule has 0 fully saturated rings. The molecule has 2 N–H and O–H groups in total. The highest BCUT2D eigenvalue weighted by Crippen LogP contribution is 2.35. The first-order chi connectivity index (χ1) is 13.2. The van der Waals surface area contributed by atoms with E-state index in [2.05, 4.69) is 24.6 Å². The minimum atomic E-state index is -0.566. The van der Waals surface area contributed by atoms with Crippen molar-refractivity contribution in [3.05, 3.63) is 39.0 Å². The van der Waals surface area contributed by atoms with Gasteiger partial charge in [0.25, 0.3) is 0 Å². The summed E-state index contributed by atoms with van der Waals surface area (Å²) in [7, 11) is 1.85. The molecule has 1 aromatic rings. The molecule has 1 aliphatic rings. The van der Waals surface area contributed by atoms with Gasteiger partial charge in [0.1, 0.15) is 0 Å². The summed E-state index contributed by atoms with van der Waals surface area (Å²) in [6.07, 6.45) is 3.64. The fraction of sp³-hybridized carbons (Fsp3) is 0.550. The number of hydrazine groups is 1. The van der Waals surface area contributed by atoms with Gasteiger partial charge in [0, 0.05) is 19.8 Å². The third kappa shape index (κ3) is 5.93. The van der Waals surface area contributed by atoms with Crippen molar-refractivity contribution in [2.45, 2.75) is 52.1 Å². The Balaban J connectivity index is 1.95. The first kappa shape index (κ1) is 23.1. The van der Waals surface area contributed by atoms with Gasteiger partial charge in [0.05, 0.1) is 33.6 Å². The first-order valence-electron chi connectivity index (χ1n) is 9.42. The number of benzene rings is 1. The van der Waals surface area contributed by atoms with Crippen LogP contribution in [-0.2, 0) is 11.3 Å². The largest absolute Gasteiger partial charge is 0.490 e. The van der Waals surface area contributed by atoms with Crippen molar-refractivity contribution in [2.75, 3.05) is 13.7 Å². The monoisotopic (exact) mass is 447 g/mol. The molecule has 5 nitrogen and oxygen atoms in total. The van der Waals surface area contributed by atoms with E-state index in [4.69, 9.17) is 39.5 Å². The number of halogens is 3. The maximum absolute atomic E-state index is 12.5. The number of nitrogens with zero attached hydrogens (tertiary/aromatic N) is 1. The van der Waals surface area contributed by atoms with Gasteiger partial charge in [0.15, 0.2) is 5.75 Å². The molecule has 0 aliphatic carbocycles. The van der Waals surface area contributed by atoms with Gasteiger partial charge in [-0.15, -0.1) is 0 Å². The number of ether oxygens (including phenoxy) is 1. The van der Waals surface area contributed by atoms with Crippen LogP contribution in [0.2, 0.25) is 10.0 Å². The van der Waals surface area contributed by atoms with Crippen LogP contribution in [0.5, 0.6) is 5.75 Å². The molecule has 0 saturated carbocycles. The highest BCUT2D eigenvalue weighted by molar-refractivity contribution is 6.37. The highest BCUT2D eigenvalue weighted by Gasteiger charge is 2.39. The molecule has 0 bridgehead atoms. The van der Waals surface area contributed by atoms with Gasteiger partial charge >= 0.3 is 0 Å². The second kappa shape index (κ2) is 10.1. The van der Waals surface area contributed by atoms with E-state index in [0.29, 0.717) is 46.3 Å². The number of amides is 1. The average molecular weight is 449 g/mol. The topological polar surface area (TPSA) is 53.6 Å². The van der Waals surface area contributed by atoms with Crippen LogP contribution in [0.15, 0.2) is 23.4 Å². The highest BCUT2D eigenvalue weighted by atomic mass is 35.5. The lowest BCUT2D eigenvalue weighted by atomic mass is 9.92. The molecule has 1 unspecified atom stereocenters. The summed E-state index contributed by atoms with van der Waals surface area (Å²) < 4.78 is 5.71. The van der Waals surface area contributed by atoms with E-state index in [1.807, 2.05) is 14.0 Å². The number of carbonyl (C=O) groups excluding carboxylic acids is 1. The van der Waals surface area contributed by atoms with E-state index in [9.17, 15) is 4.79 Å². The predicted molar refractivity (Wildman–Crippen MR) is 116 cm³/mol. The van der Waals surface area contributed by atoms with Crippen LogP contribution in [0.25, 0.3) is 0 Å². The molecular weight excluding hydrogens is 421 g/mol. The maximum atomic E-state index is 12.5. The molecule has 28 heavy (non-hydrogen) atoms. The third-order valence-electron chi connectivity index (χ3n) is 4.71. The fourth-order valence-electron chi connectivity index (χ4n) is 3.00. The summed E-state index contributed by atoms with van der Waals surface area (Å²) in [4.78, 5) is 12.5. The molecule has 0 radical (unpaired) electrons. The molecule has 2 rings (SSSR count). The molecule has 8 heteroatoms. The van der Waals surface area contributed by atoms with Gasteiger partial charge in [-0.1, -0.05) is 55.6 Å². The normalized spacial score (nSPS) is 19.1. The van der Waals surface area contributed by atoms with Crippen molar-refractivity contribution < 1.29 is 9.53 Å². The molecule has 156 valence electrons. The zero-order chi connectivity index (χ0) is 20.9. The minimum absolute atomic E-state index is 0.110. The second-order valence-corrected chi connectivity index (χ2v) is 8.73. The van der Waals surface area contributed by atoms with E-state index < -0.39 is 5.54 Å². The summed E-state index contributed by atoms with van der Waals surface area (Å²) in [5, 5.41) is 6.19. The molecular formula is C20H28Cl3N3O2. The number of hydrogen-bond donors (Lipinski definition) is 2. The summed E-state index contributed by atoms with van der Waals surface area (Å²) >= 11 is 19.0. The third-order valence-corrected chi connectivity index (χ3v) is 5.73. The number of carbonyl (C=O) groups is 1. The first-order valence-corrected chi connectivity index (χ1v) is 10.6. The van der Waals surface area contributed by atoms with Crippen molar-refractivity contribution >= 4 is 40.7 Å². The molecule has 0 spiro atoms. The van der Waals surface area contributed by atoms with Crippen molar-refractivity contribution in [1.82, 2.24) is 15.8 Å². The lowest BCUT2D eigenvalue weighted by Gasteiger charge is -2.29. The average Bonchev–Trinajstić information content (AvgIpc) is 2.89. The van der Waals surface area contributed by atoms with Crippen LogP contribution < -0.4 is 15.5 Å². The van der Waals surface area contributed by atoms with Gasteiger partial charge < -0.3 is 15.1 Å². The molecule has 1 aromatic carbocycles. The van der Waals surface area contributed by atoms with Crippen molar-refractivity contribution in [3.63, 3.8) is 0 Å². The number of hydrogen-bond acceptors (Lipinski definition) is 4. The van der Waals surface area contributed by atoms with Crippen LogP contribution in [0.4, 0.5) is 0 Å². The van der Waals surface area contributed by atoms with Gasteiger partial charge in [-0.2, -0.15) is 0 Å². The number of rotatable bonds is 9. The van der Waals surface area contributed by atoms with Crippen LogP contribution in [-0.4, -0.2) is 30.1 Å². The fourth-order valence-corrected chi connectivity index (χ4v) is 4.03. The molecule has 0 aromatic heterocycles. The van der Waals surface area contributed by atoms with Crippen molar-refractivity contribution in [3.8, 4) is 5.75 Å². The summed E-state index contributed by atoms with van der Waals surface area (Å²) in [6.45, 7) is 7.13. The van der Waals surface area contributed by atoms with Gasteiger partial charge in [-0.25, -0.2) is 5.43 Å². The van der Waals surface area contributed by atoms with E-state index in [1.165, 1.54) is 0 Å². The van der Waals surface area contributed by atoms with Crippen LogP contribution in [0, 0.1) is 5.92 Å². The lowest BCUT2D eigenvalue weighted by molar-refractivity contribution is -0.122. The Morgan fingerprint density at radius 3 is 2.43 bits per heavy atom. The Morgan fingerprint density at radius 2 is 1.93 bits per heavy atom. The Kier molecular flexibility index (Phi) is 8.31. The summed E-state index contributed by atoms with van der Waals surface area (Å²) in [5.74, 6) is 0.913. The van der Waals surface area contributed by atoms with E-state index in [0.717, 1.165) is 12.0 Å². The molecule has 1 heterocycles. The van der Waals surface area contributed by atoms with Crippen LogP contribution >= 0.6 is 34.8 Å². The van der Waals surface area contributed by atoms with Crippen LogP contribution in [0.1, 0.15) is 45.6 Å². The van der Waals surface area contributed by atoms with E-state index >= 15 is 0 Å². The zero-order valence-electron chi connectivity index (χ0n) is 16.7. The molecule has 1 aliphatic heterocycles. The van der Waals surface area contributed by atoms with Gasteiger partial charge in [-0.3, -0.25) is 4.79 Å². The SMILES string of the molecule is CCC1(CC(=O)NCc2cc(Cl)c(OCCC(C)C)c(Cl)c2)NN(C)C=C1Cl. The maximum Gasteiger partial charge on any atom is 0.222 e. The summed E-state index contributed by atoms with van der Waals surface area (Å²) in [5.41, 5.74) is 3.48. The Morgan fingerprint density at radius 1 is 1.29 bits per heavy atom. The van der Waals surface area contributed by atoms with Gasteiger partial charge in [-0.05, 0) is 36.5 Å². The molecule has 0 saturated heterocycles.